The molecule has 0 amide bonds. The molecule has 3 rings (SSSR count). The Labute approximate surface area is 176 Å². The van der Waals surface area contributed by atoms with Crippen LogP contribution in [-0.4, -0.2) is 23.4 Å². The molecule has 3 aromatic rings. The fourth-order valence-electron chi connectivity index (χ4n) is 2.85. The molecule has 2 aromatic carbocycles. The first-order valence-corrected chi connectivity index (χ1v) is 9.09. The summed E-state index contributed by atoms with van der Waals surface area (Å²) in [7, 11) is 1.29. The van der Waals surface area contributed by atoms with Gasteiger partial charge in [-0.2, -0.15) is 0 Å². The maximum Gasteiger partial charge on any atom is 0.177 e. The molecule has 0 saturated heterocycles. The summed E-state index contributed by atoms with van der Waals surface area (Å²) >= 11 is 5.95. The minimum atomic E-state index is -0.755. The summed E-state index contributed by atoms with van der Waals surface area (Å²) in [5.41, 5.74) is 1.26. The summed E-state index contributed by atoms with van der Waals surface area (Å²) in [6.45, 7) is 3.87. The van der Waals surface area contributed by atoms with Gasteiger partial charge in [-0.3, -0.25) is 4.79 Å². The zero-order chi connectivity index (χ0) is 21.7. The molecule has 0 fully saturated rings. The highest BCUT2D eigenvalue weighted by molar-refractivity contribution is 6.32. The van der Waals surface area contributed by atoms with Gasteiger partial charge in [0, 0.05) is 17.7 Å². The van der Waals surface area contributed by atoms with Gasteiger partial charge in [0.2, 0.25) is 0 Å². The Balaban J connectivity index is 2.09. The Morgan fingerprint density at radius 1 is 1.27 bits per heavy atom. The molecule has 1 heterocycles. The average Bonchev–Trinajstić information content (AvgIpc) is 2.77. The van der Waals surface area contributed by atoms with E-state index in [2.05, 4.69) is 27.0 Å². The third-order valence-corrected chi connectivity index (χ3v) is 4.62. The minimum absolute atomic E-state index is 0.00738. The lowest BCUT2D eigenvalue weighted by Crippen LogP contribution is -2.09. The van der Waals surface area contributed by atoms with Gasteiger partial charge in [-0.1, -0.05) is 42.5 Å². The number of anilines is 1. The molecule has 0 bridgehead atoms. The van der Waals surface area contributed by atoms with Crippen molar-refractivity contribution in [3.8, 4) is 17.1 Å². The van der Waals surface area contributed by atoms with E-state index in [0.717, 1.165) is 0 Å². The van der Waals surface area contributed by atoms with Crippen LogP contribution in [0.2, 0.25) is 5.02 Å². The van der Waals surface area contributed by atoms with Crippen LogP contribution in [0.25, 0.3) is 17.5 Å². The predicted molar refractivity (Wildman–Crippen MR) is 114 cm³/mol. The first-order valence-electron chi connectivity index (χ1n) is 8.71. The average molecular weight is 427 g/mol. The van der Waals surface area contributed by atoms with Gasteiger partial charge in [-0.15, -0.1) is 4.91 Å². The van der Waals surface area contributed by atoms with Gasteiger partial charge < -0.3 is 10.1 Å². The van der Waals surface area contributed by atoms with E-state index < -0.39 is 5.82 Å². The fraction of sp³-hybridized carbons (Fsp3) is 0.0952. The summed E-state index contributed by atoms with van der Waals surface area (Å²) < 4.78 is 19.8. The van der Waals surface area contributed by atoms with Gasteiger partial charge in [0.15, 0.2) is 23.7 Å². The van der Waals surface area contributed by atoms with E-state index in [9.17, 15) is 14.1 Å². The third-order valence-electron chi connectivity index (χ3n) is 4.32. The predicted octanol–water partition coefficient (Wildman–Crippen LogP) is 5.41. The van der Waals surface area contributed by atoms with Crippen LogP contribution in [0.4, 0.5) is 15.9 Å². The number of nitrogens with zero attached hydrogens (tertiary/aromatic N) is 3. The van der Waals surface area contributed by atoms with E-state index in [1.54, 1.807) is 24.3 Å². The molecule has 0 radical (unpaired) electrons. The number of halogens is 2. The maximum atomic E-state index is 14.9. The maximum absolute atomic E-state index is 14.9. The molecule has 0 aliphatic carbocycles. The summed E-state index contributed by atoms with van der Waals surface area (Å²) in [4.78, 5) is 31.1. The molecule has 152 valence electrons. The highest BCUT2D eigenvalue weighted by Crippen LogP contribution is 2.34. The lowest BCUT2D eigenvalue weighted by Gasteiger charge is -2.14. The number of methoxy groups -OCH3 is 1. The zero-order valence-corrected chi connectivity index (χ0v) is 16.6. The van der Waals surface area contributed by atoms with Gasteiger partial charge in [0.25, 0.3) is 0 Å². The number of benzene rings is 2. The van der Waals surface area contributed by atoms with Crippen molar-refractivity contribution in [2.24, 2.45) is 5.18 Å². The summed E-state index contributed by atoms with van der Waals surface area (Å²) in [6.07, 6.45) is 1.94. The smallest absolute Gasteiger partial charge is 0.177 e. The number of aldehydes is 1. The number of nitrogens with one attached hydrogen (secondary N) is 1. The Kier molecular flexibility index (Phi) is 6.48. The lowest BCUT2D eigenvalue weighted by molar-refractivity contribution is 0.111. The van der Waals surface area contributed by atoms with E-state index in [1.807, 2.05) is 0 Å². The topological polar surface area (TPSA) is 93.5 Å². The molecule has 9 heteroatoms. The molecule has 0 saturated carbocycles. The monoisotopic (exact) mass is 426 g/mol. The van der Waals surface area contributed by atoms with Crippen molar-refractivity contribution in [2.45, 2.75) is 6.54 Å². The van der Waals surface area contributed by atoms with E-state index >= 15 is 0 Å². The number of hydrogen-bond donors (Lipinski definition) is 1. The van der Waals surface area contributed by atoms with Gasteiger partial charge >= 0.3 is 0 Å². The van der Waals surface area contributed by atoms with E-state index in [0.29, 0.717) is 17.4 Å². The Hall–Kier alpha value is -3.65. The minimum Gasteiger partial charge on any atom is -0.492 e. The van der Waals surface area contributed by atoms with Crippen LogP contribution in [0.15, 0.2) is 48.2 Å². The highest BCUT2D eigenvalue weighted by Gasteiger charge is 2.20. The molecule has 0 aliphatic rings. The molecule has 30 heavy (non-hydrogen) atoms. The second-order valence-corrected chi connectivity index (χ2v) is 6.44. The molecule has 0 unspecified atom stereocenters. The Bertz CT molecular complexity index is 1140. The largest absolute Gasteiger partial charge is 0.492 e. The van der Waals surface area contributed by atoms with Gasteiger partial charge in [0.05, 0.1) is 17.7 Å². The second kappa shape index (κ2) is 9.23. The standard InChI is InChI=1S/C21H16ClFN4O3/c1-3-13-17(11-28)25-21(14-8-9-15(22)19(30-2)18(14)23)26-20(13)24-10-12-6-4-5-7-16(12)27-29/h3-9,11H,1,10H2,2H3,(H,24,25,26). The zero-order valence-electron chi connectivity index (χ0n) is 15.9. The van der Waals surface area contributed by atoms with Crippen LogP contribution < -0.4 is 10.1 Å². The van der Waals surface area contributed by atoms with Crippen molar-refractivity contribution in [1.29, 1.82) is 0 Å². The molecule has 7 nitrogen and oxygen atoms in total. The van der Waals surface area contributed by atoms with Crippen LogP contribution in [0, 0.1) is 10.7 Å². The van der Waals surface area contributed by atoms with E-state index in [4.69, 9.17) is 16.3 Å². The summed E-state index contributed by atoms with van der Waals surface area (Å²) in [5, 5.41) is 6.12. The number of hydrogen-bond acceptors (Lipinski definition) is 7. The summed E-state index contributed by atoms with van der Waals surface area (Å²) in [6, 6.07) is 9.60. The molecule has 1 N–H and O–H groups in total. The number of ether oxygens (including phenoxy) is 1. The van der Waals surface area contributed by atoms with Crippen molar-refractivity contribution in [3.63, 3.8) is 0 Å². The lowest BCUT2D eigenvalue weighted by atomic mass is 10.1. The van der Waals surface area contributed by atoms with Crippen molar-refractivity contribution in [3.05, 3.63) is 75.5 Å². The van der Waals surface area contributed by atoms with Crippen LogP contribution in [0.5, 0.6) is 5.75 Å². The Morgan fingerprint density at radius 3 is 2.70 bits per heavy atom. The molecular weight excluding hydrogens is 411 g/mol. The number of carbonyl (C=O) groups excluding carboxylic acids is 1. The first-order chi connectivity index (χ1) is 14.5. The van der Waals surface area contributed by atoms with E-state index in [-0.39, 0.29) is 45.9 Å². The van der Waals surface area contributed by atoms with Crippen molar-refractivity contribution < 1.29 is 13.9 Å². The van der Waals surface area contributed by atoms with Crippen LogP contribution in [0.1, 0.15) is 21.6 Å². The van der Waals surface area contributed by atoms with Crippen molar-refractivity contribution in [1.82, 2.24) is 9.97 Å². The molecule has 0 spiro atoms. The normalized spacial score (nSPS) is 10.4. The number of rotatable bonds is 8. The molecule has 1 aromatic heterocycles. The molecular formula is C21H16ClFN4O3. The SMILES string of the molecule is C=Cc1c(C=O)nc(-c2ccc(Cl)c(OC)c2F)nc1NCc1ccccc1N=O. The molecule has 0 aliphatic heterocycles. The Morgan fingerprint density at radius 2 is 2.03 bits per heavy atom. The number of aromatic nitrogens is 2. The second-order valence-electron chi connectivity index (χ2n) is 6.03. The van der Waals surface area contributed by atoms with Crippen LogP contribution in [-0.2, 0) is 6.54 Å². The van der Waals surface area contributed by atoms with Crippen molar-refractivity contribution >= 4 is 35.5 Å². The van der Waals surface area contributed by atoms with Crippen LogP contribution >= 0.6 is 11.6 Å². The van der Waals surface area contributed by atoms with Gasteiger partial charge in [0.1, 0.15) is 17.2 Å². The van der Waals surface area contributed by atoms with Gasteiger partial charge in [-0.05, 0) is 23.4 Å². The first kappa shape index (κ1) is 21.1. The van der Waals surface area contributed by atoms with E-state index in [1.165, 1.54) is 25.3 Å². The number of carbonyl (C=O) groups is 1. The van der Waals surface area contributed by atoms with Gasteiger partial charge in [-0.25, -0.2) is 14.4 Å². The van der Waals surface area contributed by atoms with Crippen molar-refractivity contribution in [2.75, 3.05) is 12.4 Å². The van der Waals surface area contributed by atoms with Crippen LogP contribution in [0.3, 0.4) is 0 Å². The quantitative estimate of drug-likeness (QED) is 0.382. The summed E-state index contributed by atoms with van der Waals surface area (Å²) in [5.74, 6) is -0.709. The fourth-order valence-corrected chi connectivity index (χ4v) is 3.08. The molecule has 0 atom stereocenters. The highest BCUT2D eigenvalue weighted by atomic mass is 35.5. The third kappa shape index (κ3) is 4.04. The number of nitroso groups, excluding NO2 is 1.